The molecule has 7 nitrogen and oxygen atoms in total. The van der Waals surface area contributed by atoms with Crippen LogP contribution in [0, 0.1) is 0 Å². The van der Waals surface area contributed by atoms with Crippen LogP contribution in [0.2, 0.25) is 0 Å². The topological polar surface area (TPSA) is 69.0 Å². The predicted octanol–water partition coefficient (Wildman–Crippen LogP) is 2.51. The van der Waals surface area contributed by atoms with Crippen LogP contribution < -0.4 is 9.64 Å². The summed E-state index contributed by atoms with van der Waals surface area (Å²) in [6.07, 6.45) is 11.4. The molecule has 0 aliphatic carbocycles. The molecule has 0 amide bonds. The van der Waals surface area contributed by atoms with Crippen molar-refractivity contribution < 1.29 is 4.74 Å². The molecule has 0 N–H and O–H groups in total. The summed E-state index contributed by atoms with van der Waals surface area (Å²) < 4.78 is 7.46. The minimum absolute atomic E-state index is 0.372. The van der Waals surface area contributed by atoms with E-state index in [1.807, 2.05) is 24.5 Å². The standard InChI is InChI=1S/C19H22N6O/c1-26-18-10-17(22-14-23-18)24-8-3-5-16(13-24)19-21-7-9-25(19)12-15-4-2-6-20-11-15/h2,4,6-7,9-11,14,16H,3,5,8,12-13H2,1H3/t16-/m1/s1. The second-order valence-electron chi connectivity index (χ2n) is 6.48. The van der Waals surface area contributed by atoms with Crippen molar-refractivity contribution >= 4 is 5.82 Å². The number of hydrogen-bond donors (Lipinski definition) is 0. The summed E-state index contributed by atoms with van der Waals surface area (Å²) in [4.78, 5) is 19.7. The third-order valence-electron chi connectivity index (χ3n) is 4.77. The molecule has 4 rings (SSSR count). The average molecular weight is 350 g/mol. The fourth-order valence-corrected chi connectivity index (χ4v) is 3.51. The van der Waals surface area contributed by atoms with E-state index in [2.05, 4.69) is 41.7 Å². The van der Waals surface area contributed by atoms with Crippen LogP contribution in [0.1, 0.15) is 30.1 Å². The lowest BCUT2D eigenvalue weighted by Gasteiger charge is -2.33. The largest absolute Gasteiger partial charge is 0.481 e. The van der Waals surface area contributed by atoms with Gasteiger partial charge in [0.1, 0.15) is 18.0 Å². The van der Waals surface area contributed by atoms with E-state index in [9.17, 15) is 0 Å². The number of rotatable bonds is 5. The minimum atomic E-state index is 0.372. The number of methoxy groups -OCH3 is 1. The third kappa shape index (κ3) is 3.51. The maximum atomic E-state index is 5.23. The maximum absolute atomic E-state index is 5.23. The summed E-state index contributed by atoms with van der Waals surface area (Å²) >= 11 is 0. The highest BCUT2D eigenvalue weighted by Crippen LogP contribution is 2.29. The van der Waals surface area contributed by atoms with Crippen molar-refractivity contribution in [2.75, 3.05) is 25.1 Å². The zero-order chi connectivity index (χ0) is 17.8. The van der Waals surface area contributed by atoms with Gasteiger partial charge in [-0.05, 0) is 24.5 Å². The Morgan fingerprint density at radius 2 is 2.19 bits per heavy atom. The van der Waals surface area contributed by atoms with Crippen LogP contribution in [0.3, 0.4) is 0 Å². The summed E-state index contributed by atoms with van der Waals surface area (Å²) in [6, 6.07) is 5.96. The molecular weight excluding hydrogens is 328 g/mol. The molecule has 7 heteroatoms. The zero-order valence-electron chi connectivity index (χ0n) is 14.8. The van der Waals surface area contributed by atoms with Crippen LogP contribution in [-0.4, -0.2) is 44.7 Å². The number of piperidine rings is 1. The first-order chi connectivity index (χ1) is 12.8. The van der Waals surface area contributed by atoms with E-state index < -0.39 is 0 Å². The van der Waals surface area contributed by atoms with Gasteiger partial charge in [-0.25, -0.2) is 15.0 Å². The molecule has 0 unspecified atom stereocenters. The van der Waals surface area contributed by atoms with Gasteiger partial charge in [-0.2, -0.15) is 0 Å². The molecule has 3 aromatic rings. The number of nitrogens with zero attached hydrogens (tertiary/aromatic N) is 6. The van der Waals surface area contributed by atoms with Gasteiger partial charge in [-0.1, -0.05) is 6.07 Å². The summed E-state index contributed by atoms with van der Waals surface area (Å²) in [7, 11) is 1.63. The highest BCUT2D eigenvalue weighted by molar-refractivity contribution is 5.42. The van der Waals surface area contributed by atoms with Crippen LogP contribution in [0.25, 0.3) is 0 Å². The van der Waals surface area contributed by atoms with Gasteiger partial charge in [0.15, 0.2) is 0 Å². The van der Waals surface area contributed by atoms with Crippen LogP contribution in [-0.2, 0) is 6.54 Å². The molecule has 1 aliphatic heterocycles. The molecule has 1 atom stereocenters. The van der Waals surface area contributed by atoms with E-state index in [-0.39, 0.29) is 0 Å². The molecule has 26 heavy (non-hydrogen) atoms. The summed E-state index contributed by atoms with van der Waals surface area (Å²) in [5.41, 5.74) is 1.18. The van der Waals surface area contributed by atoms with E-state index in [1.165, 1.54) is 5.56 Å². The fraction of sp³-hybridized carbons (Fsp3) is 0.368. The van der Waals surface area contributed by atoms with Crippen molar-refractivity contribution in [2.24, 2.45) is 0 Å². The second kappa shape index (κ2) is 7.51. The van der Waals surface area contributed by atoms with Gasteiger partial charge in [0.25, 0.3) is 0 Å². The normalized spacial score (nSPS) is 17.3. The Balaban J connectivity index is 1.52. The van der Waals surface area contributed by atoms with Gasteiger partial charge in [0.2, 0.25) is 5.88 Å². The molecule has 1 fully saturated rings. The summed E-state index contributed by atoms with van der Waals surface area (Å²) in [5, 5.41) is 0. The highest BCUT2D eigenvalue weighted by Gasteiger charge is 2.25. The number of pyridine rings is 1. The van der Waals surface area contributed by atoms with Crippen LogP contribution in [0.4, 0.5) is 5.82 Å². The third-order valence-corrected chi connectivity index (χ3v) is 4.77. The Kier molecular flexibility index (Phi) is 4.77. The summed E-state index contributed by atoms with van der Waals surface area (Å²) in [5.74, 6) is 3.00. The van der Waals surface area contributed by atoms with Crippen molar-refractivity contribution in [3.63, 3.8) is 0 Å². The lowest BCUT2D eigenvalue weighted by molar-refractivity contribution is 0.396. The summed E-state index contributed by atoms with van der Waals surface area (Å²) in [6.45, 7) is 2.67. The van der Waals surface area contributed by atoms with Crippen LogP contribution in [0.5, 0.6) is 5.88 Å². The fourth-order valence-electron chi connectivity index (χ4n) is 3.51. The number of aromatic nitrogens is 5. The Hall–Kier alpha value is -2.96. The zero-order valence-corrected chi connectivity index (χ0v) is 14.8. The first-order valence-electron chi connectivity index (χ1n) is 8.84. The lowest BCUT2D eigenvalue weighted by Crippen LogP contribution is -2.36. The number of hydrogen-bond acceptors (Lipinski definition) is 6. The van der Waals surface area contributed by atoms with Crippen molar-refractivity contribution in [3.05, 3.63) is 60.7 Å². The molecule has 0 bridgehead atoms. The highest BCUT2D eigenvalue weighted by atomic mass is 16.5. The van der Waals surface area contributed by atoms with Crippen molar-refractivity contribution in [3.8, 4) is 5.88 Å². The van der Waals surface area contributed by atoms with Gasteiger partial charge >= 0.3 is 0 Å². The van der Waals surface area contributed by atoms with Gasteiger partial charge in [0.05, 0.1) is 13.7 Å². The first kappa shape index (κ1) is 16.5. The molecule has 0 saturated carbocycles. The van der Waals surface area contributed by atoms with E-state index in [1.54, 1.807) is 19.6 Å². The van der Waals surface area contributed by atoms with Crippen molar-refractivity contribution in [2.45, 2.75) is 25.3 Å². The van der Waals surface area contributed by atoms with Crippen molar-refractivity contribution in [1.82, 2.24) is 24.5 Å². The van der Waals surface area contributed by atoms with Gasteiger partial charge in [0, 0.05) is 49.9 Å². The SMILES string of the molecule is COc1cc(N2CCC[C@@H](c3nccn3Cc3cccnc3)C2)ncn1. The maximum Gasteiger partial charge on any atom is 0.218 e. The van der Waals surface area contributed by atoms with Gasteiger partial charge < -0.3 is 14.2 Å². The number of ether oxygens (including phenoxy) is 1. The van der Waals surface area contributed by atoms with Crippen molar-refractivity contribution in [1.29, 1.82) is 0 Å². The Labute approximate surface area is 152 Å². The van der Waals surface area contributed by atoms with Gasteiger partial charge in [-0.3, -0.25) is 4.98 Å². The smallest absolute Gasteiger partial charge is 0.218 e. The molecule has 134 valence electrons. The Bertz CT molecular complexity index is 850. The number of imidazole rings is 1. The number of anilines is 1. The van der Waals surface area contributed by atoms with E-state index in [0.717, 1.165) is 44.1 Å². The monoisotopic (exact) mass is 350 g/mol. The van der Waals surface area contributed by atoms with Crippen LogP contribution >= 0.6 is 0 Å². The van der Waals surface area contributed by atoms with Gasteiger partial charge in [-0.15, -0.1) is 0 Å². The first-order valence-corrected chi connectivity index (χ1v) is 8.84. The molecular formula is C19H22N6O. The van der Waals surface area contributed by atoms with E-state index in [0.29, 0.717) is 11.8 Å². The molecule has 3 aromatic heterocycles. The molecule has 0 spiro atoms. The van der Waals surface area contributed by atoms with E-state index >= 15 is 0 Å². The van der Waals surface area contributed by atoms with Crippen LogP contribution in [0.15, 0.2) is 49.3 Å². The van der Waals surface area contributed by atoms with E-state index in [4.69, 9.17) is 4.74 Å². The lowest BCUT2D eigenvalue weighted by atomic mass is 9.97. The molecule has 4 heterocycles. The predicted molar refractivity (Wildman–Crippen MR) is 98.3 cm³/mol. The molecule has 1 aliphatic rings. The molecule has 0 radical (unpaired) electrons. The Morgan fingerprint density at radius 1 is 1.23 bits per heavy atom. The quantitative estimate of drug-likeness (QED) is 0.704. The Morgan fingerprint density at radius 3 is 3.04 bits per heavy atom. The second-order valence-corrected chi connectivity index (χ2v) is 6.48. The molecule has 1 saturated heterocycles. The minimum Gasteiger partial charge on any atom is -0.481 e. The molecule has 0 aromatic carbocycles. The average Bonchev–Trinajstić information content (AvgIpc) is 3.17.